The van der Waals surface area contributed by atoms with Crippen molar-refractivity contribution in [2.45, 2.75) is 18.7 Å². The largest absolute Gasteiger partial charge is 0.109 e. The number of benzene rings is 2. The van der Waals surface area contributed by atoms with Gasteiger partial charge in [-0.15, -0.1) is 11.6 Å². The molecule has 0 saturated heterocycles. The highest BCUT2D eigenvalue weighted by Crippen LogP contribution is 2.42. The van der Waals surface area contributed by atoms with E-state index in [0.717, 1.165) is 11.1 Å². The van der Waals surface area contributed by atoms with Crippen LogP contribution < -0.4 is 0 Å². The van der Waals surface area contributed by atoms with E-state index in [1.807, 2.05) is 36.4 Å². The second-order valence-corrected chi connectivity index (χ2v) is 5.19. The average molecular weight is 245 g/mol. The van der Waals surface area contributed by atoms with Crippen LogP contribution in [0.5, 0.6) is 0 Å². The summed E-state index contributed by atoms with van der Waals surface area (Å²) in [5, 5.41) is 0. The topological polar surface area (TPSA) is 0 Å². The lowest BCUT2D eigenvalue weighted by Crippen LogP contribution is -2.27. The van der Waals surface area contributed by atoms with E-state index in [1.165, 1.54) is 0 Å². The van der Waals surface area contributed by atoms with Gasteiger partial charge in [0.15, 0.2) is 0 Å². The SMILES string of the molecule is CC(C)C(Cl)(c1ccccc1)c1ccccc1. The Hall–Kier alpha value is -1.27. The van der Waals surface area contributed by atoms with E-state index in [9.17, 15) is 0 Å². The van der Waals surface area contributed by atoms with Crippen LogP contribution >= 0.6 is 11.6 Å². The Morgan fingerprint density at radius 2 is 1.12 bits per heavy atom. The normalized spacial score (nSPS) is 11.8. The van der Waals surface area contributed by atoms with Crippen LogP contribution in [0.4, 0.5) is 0 Å². The molecule has 0 N–H and O–H groups in total. The summed E-state index contributed by atoms with van der Waals surface area (Å²) in [5.74, 6) is 0.328. The molecule has 0 radical (unpaired) electrons. The van der Waals surface area contributed by atoms with Crippen LogP contribution in [0.1, 0.15) is 25.0 Å². The van der Waals surface area contributed by atoms with Crippen LogP contribution in [0, 0.1) is 5.92 Å². The first-order valence-electron chi connectivity index (χ1n) is 5.95. The van der Waals surface area contributed by atoms with Gasteiger partial charge in [0.2, 0.25) is 0 Å². The van der Waals surface area contributed by atoms with E-state index in [-0.39, 0.29) is 0 Å². The van der Waals surface area contributed by atoms with Crippen molar-refractivity contribution in [2.24, 2.45) is 5.92 Å². The monoisotopic (exact) mass is 244 g/mol. The summed E-state index contributed by atoms with van der Waals surface area (Å²) in [7, 11) is 0. The van der Waals surface area contributed by atoms with E-state index in [0.29, 0.717) is 5.92 Å². The van der Waals surface area contributed by atoms with Crippen molar-refractivity contribution in [3.8, 4) is 0 Å². The van der Waals surface area contributed by atoms with Crippen LogP contribution in [-0.2, 0) is 4.87 Å². The molecule has 0 unspecified atom stereocenters. The molecule has 0 heterocycles. The minimum atomic E-state index is -0.442. The maximum atomic E-state index is 6.92. The van der Waals surface area contributed by atoms with E-state index in [4.69, 9.17) is 11.6 Å². The number of hydrogen-bond donors (Lipinski definition) is 0. The third-order valence-electron chi connectivity index (χ3n) is 3.18. The van der Waals surface area contributed by atoms with Crippen LogP contribution in [0.25, 0.3) is 0 Å². The molecule has 0 atom stereocenters. The Morgan fingerprint density at radius 1 is 0.765 bits per heavy atom. The van der Waals surface area contributed by atoms with Crippen molar-refractivity contribution in [1.82, 2.24) is 0 Å². The van der Waals surface area contributed by atoms with Crippen molar-refractivity contribution < 1.29 is 0 Å². The third-order valence-corrected chi connectivity index (χ3v) is 4.06. The highest BCUT2D eigenvalue weighted by molar-refractivity contribution is 6.26. The van der Waals surface area contributed by atoms with Crippen molar-refractivity contribution in [2.75, 3.05) is 0 Å². The molecule has 1 heteroatoms. The van der Waals surface area contributed by atoms with Crippen molar-refractivity contribution in [1.29, 1.82) is 0 Å². The Morgan fingerprint density at radius 3 is 1.41 bits per heavy atom. The van der Waals surface area contributed by atoms with Gasteiger partial charge in [-0.05, 0) is 17.0 Å². The van der Waals surface area contributed by atoms with Crippen LogP contribution in [0.3, 0.4) is 0 Å². The van der Waals surface area contributed by atoms with Gasteiger partial charge in [-0.3, -0.25) is 0 Å². The predicted molar refractivity (Wildman–Crippen MR) is 74.4 cm³/mol. The molecular weight excluding hydrogens is 228 g/mol. The standard InChI is InChI=1S/C16H17Cl/c1-13(2)16(17,14-9-5-3-6-10-14)15-11-7-4-8-12-15/h3-13H,1-2H3. The van der Waals surface area contributed by atoms with Crippen LogP contribution in [0.2, 0.25) is 0 Å². The molecule has 88 valence electrons. The van der Waals surface area contributed by atoms with Gasteiger partial charge in [0.1, 0.15) is 0 Å². The van der Waals surface area contributed by atoms with E-state index in [2.05, 4.69) is 38.1 Å². The fourth-order valence-electron chi connectivity index (χ4n) is 2.19. The Kier molecular flexibility index (Phi) is 3.54. The molecule has 2 rings (SSSR count). The molecule has 2 aromatic carbocycles. The molecule has 0 amide bonds. The minimum absolute atomic E-state index is 0.328. The zero-order valence-electron chi connectivity index (χ0n) is 10.2. The van der Waals surface area contributed by atoms with E-state index in [1.54, 1.807) is 0 Å². The molecule has 17 heavy (non-hydrogen) atoms. The van der Waals surface area contributed by atoms with Gasteiger partial charge in [-0.2, -0.15) is 0 Å². The zero-order valence-corrected chi connectivity index (χ0v) is 11.0. The Balaban J connectivity index is 2.55. The van der Waals surface area contributed by atoms with Gasteiger partial charge < -0.3 is 0 Å². The molecule has 0 saturated carbocycles. The first kappa shape index (κ1) is 12.2. The first-order valence-corrected chi connectivity index (χ1v) is 6.33. The molecule has 2 aromatic rings. The lowest BCUT2D eigenvalue weighted by atomic mass is 9.81. The molecule has 0 aliphatic carbocycles. The first-order chi connectivity index (χ1) is 8.15. The summed E-state index contributed by atoms with van der Waals surface area (Å²) in [6.45, 7) is 4.32. The van der Waals surface area contributed by atoms with Crippen molar-refractivity contribution >= 4 is 11.6 Å². The van der Waals surface area contributed by atoms with Gasteiger partial charge in [0.05, 0.1) is 4.87 Å². The van der Waals surface area contributed by atoms with Gasteiger partial charge in [-0.25, -0.2) is 0 Å². The molecule has 0 fully saturated rings. The number of alkyl halides is 1. The Labute approximate surface area is 108 Å². The lowest BCUT2D eigenvalue weighted by molar-refractivity contribution is 0.506. The van der Waals surface area contributed by atoms with Crippen LogP contribution in [-0.4, -0.2) is 0 Å². The van der Waals surface area contributed by atoms with E-state index < -0.39 is 4.87 Å². The maximum Gasteiger partial charge on any atom is 0.0966 e. The van der Waals surface area contributed by atoms with Crippen molar-refractivity contribution in [3.05, 3.63) is 71.8 Å². The summed E-state index contributed by atoms with van der Waals surface area (Å²) in [4.78, 5) is -0.442. The number of rotatable bonds is 3. The molecular formula is C16H17Cl. The van der Waals surface area contributed by atoms with Gasteiger partial charge in [0.25, 0.3) is 0 Å². The summed E-state index contributed by atoms with van der Waals surface area (Å²) >= 11 is 6.92. The highest BCUT2D eigenvalue weighted by atomic mass is 35.5. The Bertz CT molecular complexity index is 420. The second-order valence-electron chi connectivity index (χ2n) is 4.60. The summed E-state index contributed by atoms with van der Waals surface area (Å²) in [6.07, 6.45) is 0. The fraction of sp³-hybridized carbons (Fsp3) is 0.250. The fourth-order valence-corrected chi connectivity index (χ4v) is 2.45. The average Bonchev–Trinajstić information content (AvgIpc) is 2.39. The summed E-state index contributed by atoms with van der Waals surface area (Å²) in [6, 6.07) is 20.6. The predicted octanol–water partition coefficient (Wildman–Crippen LogP) is 4.83. The summed E-state index contributed by atoms with van der Waals surface area (Å²) in [5.41, 5.74) is 2.31. The van der Waals surface area contributed by atoms with E-state index >= 15 is 0 Å². The lowest BCUT2D eigenvalue weighted by Gasteiger charge is -2.32. The molecule has 0 aromatic heterocycles. The number of hydrogen-bond acceptors (Lipinski definition) is 0. The van der Waals surface area contributed by atoms with Crippen LogP contribution in [0.15, 0.2) is 60.7 Å². The van der Waals surface area contributed by atoms with Gasteiger partial charge >= 0.3 is 0 Å². The third kappa shape index (κ3) is 2.23. The second kappa shape index (κ2) is 4.93. The number of halogens is 1. The molecule has 0 aliphatic rings. The highest BCUT2D eigenvalue weighted by Gasteiger charge is 2.34. The van der Waals surface area contributed by atoms with Gasteiger partial charge in [-0.1, -0.05) is 74.5 Å². The zero-order chi connectivity index (χ0) is 12.3. The molecule has 0 spiro atoms. The molecule has 0 nitrogen and oxygen atoms in total. The smallest absolute Gasteiger partial charge is 0.0966 e. The van der Waals surface area contributed by atoms with Gasteiger partial charge in [0, 0.05) is 0 Å². The quantitative estimate of drug-likeness (QED) is 0.679. The minimum Gasteiger partial charge on any atom is -0.109 e. The molecule has 0 aliphatic heterocycles. The van der Waals surface area contributed by atoms with Crippen molar-refractivity contribution in [3.63, 3.8) is 0 Å². The molecule has 0 bridgehead atoms. The summed E-state index contributed by atoms with van der Waals surface area (Å²) < 4.78 is 0. The maximum absolute atomic E-state index is 6.92.